The van der Waals surface area contributed by atoms with E-state index in [-0.39, 0.29) is 0 Å². The van der Waals surface area contributed by atoms with Crippen molar-refractivity contribution < 1.29 is 18.6 Å². The third kappa shape index (κ3) is 11.5. The molecule has 0 aromatic heterocycles. The van der Waals surface area contributed by atoms with Crippen molar-refractivity contribution in [2.24, 2.45) is 0 Å². The monoisotopic (exact) mass is 281 g/mol. The molecule has 0 heterocycles. The molecule has 0 atom stereocenters. The number of hydrogen-bond donors (Lipinski definition) is 0. The summed E-state index contributed by atoms with van der Waals surface area (Å²) in [5, 5.41) is 0. The van der Waals surface area contributed by atoms with Crippen LogP contribution < -0.4 is 0 Å². The van der Waals surface area contributed by atoms with Crippen LogP contribution in [-0.4, -0.2) is 0 Å². The van der Waals surface area contributed by atoms with Crippen LogP contribution in [0.3, 0.4) is 0 Å². The SMILES string of the molecule is [O]=[Pt]([Cl])[Cl]. The first-order chi connectivity index (χ1) is 1.73. The van der Waals surface area contributed by atoms with Crippen LogP contribution in [0, 0.1) is 0 Å². The topological polar surface area (TPSA) is 17.1 Å². The Kier molecular flexibility index (Phi) is 2.93. The molecule has 0 N–H and O–H groups in total. The van der Waals surface area contributed by atoms with Gasteiger partial charge in [-0.25, -0.2) is 0 Å². The van der Waals surface area contributed by atoms with Crippen LogP contribution >= 0.6 is 18.8 Å². The number of halogens is 2. The van der Waals surface area contributed by atoms with Crippen molar-refractivity contribution in [3.8, 4) is 0 Å². The molecule has 0 spiro atoms. The van der Waals surface area contributed by atoms with E-state index in [2.05, 4.69) is 18.8 Å². The average Bonchev–Trinajstić information content (AvgIpc) is 0.811. The van der Waals surface area contributed by atoms with Crippen LogP contribution in [0.15, 0.2) is 0 Å². The fourth-order valence-electron chi connectivity index (χ4n) is 0. The molecule has 0 aliphatic carbocycles. The Hall–Kier alpha value is 1.07. The van der Waals surface area contributed by atoms with Gasteiger partial charge in [0.1, 0.15) is 0 Å². The van der Waals surface area contributed by atoms with E-state index in [1.165, 1.54) is 0 Å². The van der Waals surface area contributed by atoms with Crippen molar-refractivity contribution >= 4 is 18.8 Å². The van der Waals surface area contributed by atoms with Crippen molar-refractivity contribution in [1.29, 1.82) is 0 Å². The minimum atomic E-state index is -2.57. The molecule has 0 saturated carbocycles. The Bertz CT molecular complexity index is 29.0. The number of rotatable bonds is 0. The second-order valence-corrected chi connectivity index (χ2v) is 5.72. The summed E-state index contributed by atoms with van der Waals surface area (Å²) >= 11 is -2.57. The summed E-state index contributed by atoms with van der Waals surface area (Å²) in [6.07, 6.45) is 0. The van der Waals surface area contributed by atoms with E-state index in [1.807, 2.05) is 0 Å². The molecular formula is Cl2OPt. The van der Waals surface area contributed by atoms with Crippen LogP contribution in [0.1, 0.15) is 0 Å². The van der Waals surface area contributed by atoms with E-state index in [1.54, 1.807) is 0 Å². The summed E-state index contributed by atoms with van der Waals surface area (Å²) in [5.41, 5.74) is 0. The molecule has 4 heavy (non-hydrogen) atoms. The Morgan fingerprint density at radius 2 is 1.50 bits per heavy atom. The van der Waals surface area contributed by atoms with Gasteiger partial charge in [0.15, 0.2) is 0 Å². The summed E-state index contributed by atoms with van der Waals surface area (Å²) in [4.78, 5) is 0. The average molecular weight is 282 g/mol. The first kappa shape index (κ1) is 5.07. The third-order valence-corrected chi connectivity index (χ3v) is 0. The van der Waals surface area contributed by atoms with Crippen molar-refractivity contribution in [2.75, 3.05) is 0 Å². The predicted molar refractivity (Wildman–Crippen MR) is 12.4 cm³/mol. The maximum atomic E-state index is 9.22. The molecule has 0 aromatic rings. The molecule has 0 unspecified atom stereocenters. The van der Waals surface area contributed by atoms with Gasteiger partial charge in [-0.2, -0.15) is 0 Å². The summed E-state index contributed by atoms with van der Waals surface area (Å²) in [6, 6.07) is 0. The van der Waals surface area contributed by atoms with Crippen LogP contribution in [-0.2, 0) is 18.6 Å². The van der Waals surface area contributed by atoms with Gasteiger partial charge in [-0.1, -0.05) is 0 Å². The Balaban J connectivity index is 2.80. The van der Waals surface area contributed by atoms with Gasteiger partial charge in [-0.05, 0) is 0 Å². The van der Waals surface area contributed by atoms with E-state index in [0.717, 1.165) is 0 Å². The zero-order chi connectivity index (χ0) is 3.58. The fraction of sp³-hybridized carbons (Fsp3) is 0. The van der Waals surface area contributed by atoms with E-state index in [4.69, 9.17) is 0 Å². The molecule has 30 valence electrons. The molecule has 0 aliphatic heterocycles. The molecule has 0 rings (SSSR count). The molecular weight excluding hydrogens is 282 g/mol. The van der Waals surface area contributed by atoms with Gasteiger partial charge < -0.3 is 0 Å². The summed E-state index contributed by atoms with van der Waals surface area (Å²) < 4.78 is 9.22. The zero-order valence-electron chi connectivity index (χ0n) is 1.48. The summed E-state index contributed by atoms with van der Waals surface area (Å²) in [5.74, 6) is 0. The Labute approximate surface area is 37.6 Å². The predicted octanol–water partition coefficient (Wildman–Crippen LogP) is 1.26. The van der Waals surface area contributed by atoms with E-state index in [0.29, 0.717) is 0 Å². The van der Waals surface area contributed by atoms with Gasteiger partial charge >= 0.3 is 37.4 Å². The molecule has 4 heteroatoms. The van der Waals surface area contributed by atoms with Gasteiger partial charge in [0.25, 0.3) is 0 Å². The van der Waals surface area contributed by atoms with Crippen LogP contribution in [0.5, 0.6) is 0 Å². The van der Waals surface area contributed by atoms with Gasteiger partial charge in [0, 0.05) is 0 Å². The molecule has 0 aromatic carbocycles. The second-order valence-electron chi connectivity index (χ2n) is 0.143. The van der Waals surface area contributed by atoms with Crippen molar-refractivity contribution in [3.05, 3.63) is 0 Å². The van der Waals surface area contributed by atoms with Crippen LogP contribution in [0.4, 0.5) is 0 Å². The normalized spacial score (nSPS) is 11.0. The molecule has 0 aliphatic rings. The second kappa shape index (κ2) is 2.31. The van der Waals surface area contributed by atoms with E-state index >= 15 is 0 Å². The van der Waals surface area contributed by atoms with Gasteiger partial charge in [-0.3, -0.25) is 0 Å². The first-order valence-corrected chi connectivity index (χ1v) is 6.93. The van der Waals surface area contributed by atoms with Gasteiger partial charge in [0.2, 0.25) is 0 Å². The van der Waals surface area contributed by atoms with Crippen molar-refractivity contribution in [2.45, 2.75) is 0 Å². The van der Waals surface area contributed by atoms with Crippen molar-refractivity contribution in [3.63, 3.8) is 0 Å². The molecule has 0 saturated heterocycles. The zero-order valence-corrected chi connectivity index (χ0v) is 5.26. The summed E-state index contributed by atoms with van der Waals surface area (Å²) in [6.45, 7) is 0. The molecule has 0 amide bonds. The summed E-state index contributed by atoms with van der Waals surface area (Å²) in [7, 11) is 9.28. The van der Waals surface area contributed by atoms with Crippen LogP contribution in [0.25, 0.3) is 0 Å². The van der Waals surface area contributed by atoms with E-state index < -0.39 is 15.2 Å². The van der Waals surface area contributed by atoms with Crippen molar-refractivity contribution in [1.82, 2.24) is 0 Å². The Morgan fingerprint density at radius 3 is 1.50 bits per heavy atom. The van der Waals surface area contributed by atoms with Crippen LogP contribution in [0.2, 0.25) is 0 Å². The molecule has 1 nitrogen and oxygen atoms in total. The fourth-order valence-corrected chi connectivity index (χ4v) is 0. The molecule has 0 bridgehead atoms. The third-order valence-electron chi connectivity index (χ3n) is 0. The molecule has 0 fully saturated rings. The van der Waals surface area contributed by atoms with E-state index in [9.17, 15) is 3.40 Å². The first-order valence-electron chi connectivity index (χ1n) is 0.368. The Morgan fingerprint density at radius 1 is 1.50 bits per heavy atom. The maximum absolute atomic E-state index is 9.22. The number of hydrogen-bond acceptors (Lipinski definition) is 1. The van der Waals surface area contributed by atoms with Gasteiger partial charge in [0.05, 0.1) is 0 Å². The minimum absolute atomic E-state index is 2.57. The standard InChI is InChI=1S/2ClH.O.Pt/h2*1H;;/q;;;+2/p-2. The molecule has 0 radical (unpaired) electrons. The quantitative estimate of drug-likeness (QED) is 0.653. The van der Waals surface area contributed by atoms with Gasteiger partial charge in [-0.15, -0.1) is 0 Å².